The molecule has 0 fully saturated rings. The largest absolute Gasteiger partial charge is 0.308 e. The van der Waals surface area contributed by atoms with Crippen molar-refractivity contribution >= 4 is 107 Å². The molecule has 0 aliphatic carbocycles. The second-order valence-corrected chi connectivity index (χ2v) is 13.9. The van der Waals surface area contributed by atoms with Crippen LogP contribution in [0.15, 0.2) is 134 Å². The van der Waals surface area contributed by atoms with E-state index in [0.29, 0.717) is 0 Å². The Bertz CT molecular complexity index is 3030. The highest BCUT2D eigenvalue weighted by Gasteiger charge is 2.27. The van der Waals surface area contributed by atoms with E-state index < -0.39 is 0 Å². The molecule has 0 bridgehead atoms. The second-order valence-electron chi connectivity index (χ2n) is 11.8. The highest BCUT2D eigenvalue weighted by Crippen LogP contribution is 2.51. The van der Waals surface area contributed by atoms with Gasteiger partial charge < -0.3 is 9.13 Å². The normalized spacial score (nSPS) is 12.3. The van der Waals surface area contributed by atoms with Gasteiger partial charge in [0.05, 0.1) is 26.8 Å². The molecule has 0 aliphatic heterocycles. The molecule has 0 amide bonds. The summed E-state index contributed by atoms with van der Waals surface area (Å²) in [7, 11) is 0. The number of hydrogen-bond acceptors (Lipinski definition) is 4. The molecule has 0 atom stereocenters. The monoisotopic (exact) mass is 622 g/mol. The molecular weight excluding hydrogens is 601 g/mol. The number of rotatable bonds is 2. The Morgan fingerprint density at radius 1 is 0.478 bits per heavy atom. The number of thiophene rings is 2. The van der Waals surface area contributed by atoms with Gasteiger partial charge in [0.1, 0.15) is 11.2 Å². The number of aromatic nitrogens is 4. The molecule has 0 aliphatic rings. The number of hydrogen-bond donors (Lipinski definition) is 0. The molecule has 5 aromatic heterocycles. The Morgan fingerprint density at radius 3 is 1.98 bits per heavy atom. The zero-order valence-corrected chi connectivity index (χ0v) is 25.9. The average molecular weight is 623 g/mol. The third-order valence-corrected chi connectivity index (χ3v) is 11.7. The summed E-state index contributed by atoms with van der Waals surface area (Å²) in [5.41, 5.74) is 7.12. The number of nitrogens with zero attached hydrogens (tertiary/aromatic N) is 4. The molecule has 0 radical (unpaired) electrons. The van der Waals surface area contributed by atoms with E-state index >= 15 is 0 Å². The highest BCUT2D eigenvalue weighted by molar-refractivity contribution is 7.26. The molecule has 11 aromatic rings. The van der Waals surface area contributed by atoms with Crippen LogP contribution in [0, 0.1) is 0 Å². The summed E-state index contributed by atoms with van der Waals surface area (Å²) in [5, 5.41) is 9.91. The molecule has 5 heterocycles. The van der Waals surface area contributed by atoms with Crippen LogP contribution in [0.5, 0.6) is 0 Å². The minimum atomic E-state index is 1.01. The van der Waals surface area contributed by atoms with Gasteiger partial charge in [-0.1, -0.05) is 72.8 Å². The number of benzene rings is 6. The third kappa shape index (κ3) is 3.12. The first-order valence-electron chi connectivity index (χ1n) is 15.3. The third-order valence-electron chi connectivity index (χ3n) is 9.46. The van der Waals surface area contributed by atoms with Gasteiger partial charge in [-0.3, -0.25) is 0 Å². The first-order valence-corrected chi connectivity index (χ1v) is 17.0. The van der Waals surface area contributed by atoms with Gasteiger partial charge in [0, 0.05) is 70.1 Å². The lowest BCUT2D eigenvalue weighted by Gasteiger charge is -2.12. The number of para-hydroxylation sites is 3. The van der Waals surface area contributed by atoms with Gasteiger partial charge in [-0.25, -0.2) is 9.97 Å². The zero-order chi connectivity index (χ0) is 29.9. The van der Waals surface area contributed by atoms with Crippen LogP contribution in [-0.4, -0.2) is 19.1 Å². The van der Waals surface area contributed by atoms with Crippen molar-refractivity contribution < 1.29 is 0 Å². The van der Waals surface area contributed by atoms with Gasteiger partial charge in [0.15, 0.2) is 0 Å². The average Bonchev–Trinajstić information content (AvgIpc) is 3.86. The van der Waals surface area contributed by atoms with Crippen LogP contribution >= 0.6 is 22.7 Å². The molecule has 11 rings (SSSR count). The van der Waals surface area contributed by atoms with Crippen molar-refractivity contribution in [3.05, 3.63) is 134 Å². The van der Waals surface area contributed by atoms with Crippen LogP contribution in [0.25, 0.3) is 95.5 Å². The lowest BCUT2D eigenvalue weighted by molar-refractivity contribution is 1.18. The van der Waals surface area contributed by atoms with Crippen molar-refractivity contribution in [1.82, 2.24) is 19.1 Å². The SMILES string of the molecule is c1ccc(-n2c3ccccc3c3c2c2sc4ncncc4c2c2c4ccccc4n(-c4ccc5sc6ccccc6c5c4)c23)cc1. The predicted octanol–water partition coefficient (Wildman–Crippen LogP) is 11.4. The van der Waals surface area contributed by atoms with E-state index in [1.807, 2.05) is 17.5 Å². The van der Waals surface area contributed by atoms with E-state index in [-0.39, 0.29) is 0 Å². The van der Waals surface area contributed by atoms with E-state index in [2.05, 4.69) is 135 Å². The summed E-state index contributed by atoms with van der Waals surface area (Å²) >= 11 is 3.63. The van der Waals surface area contributed by atoms with E-state index in [0.717, 1.165) is 21.6 Å². The van der Waals surface area contributed by atoms with Crippen molar-refractivity contribution in [3.8, 4) is 11.4 Å². The van der Waals surface area contributed by atoms with Gasteiger partial charge in [0.2, 0.25) is 0 Å². The minimum absolute atomic E-state index is 1.01. The van der Waals surface area contributed by atoms with Gasteiger partial charge in [0.25, 0.3) is 0 Å². The van der Waals surface area contributed by atoms with Gasteiger partial charge in [-0.15, -0.1) is 22.7 Å². The zero-order valence-electron chi connectivity index (χ0n) is 24.3. The van der Waals surface area contributed by atoms with Gasteiger partial charge in [-0.05, 0) is 48.5 Å². The maximum Gasteiger partial charge on any atom is 0.127 e. The Labute approximate surface area is 270 Å². The molecule has 6 heteroatoms. The quantitative estimate of drug-likeness (QED) is 0.192. The Morgan fingerprint density at radius 2 is 1.15 bits per heavy atom. The Hall–Kier alpha value is -5.56. The topological polar surface area (TPSA) is 35.6 Å². The van der Waals surface area contributed by atoms with Crippen molar-refractivity contribution in [1.29, 1.82) is 0 Å². The maximum absolute atomic E-state index is 4.78. The van der Waals surface area contributed by atoms with Crippen molar-refractivity contribution in [2.75, 3.05) is 0 Å². The van der Waals surface area contributed by atoms with Crippen LogP contribution in [-0.2, 0) is 0 Å². The van der Waals surface area contributed by atoms with Crippen molar-refractivity contribution in [3.63, 3.8) is 0 Å². The van der Waals surface area contributed by atoms with E-state index in [1.165, 1.54) is 73.9 Å². The van der Waals surface area contributed by atoms with Crippen LogP contribution in [0.3, 0.4) is 0 Å². The summed E-state index contributed by atoms with van der Waals surface area (Å²) in [6.07, 6.45) is 3.67. The molecule has 46 heavy (non-hydrogen) atoms. The first kappa shape index (κ1) is 24.7. The summed E-state index contributed by atoms with van der Waals surface area (Å²) in [5.74, 6) is 0. The fourth-order valence-electron chi connectivity index (χ4n) is 7.65. The first-order chi connectivity index (χ1) is 22.8. The van der Waals surface area contributed by atoms with Crippen molar-refractivity contribution in [2.24, 2.45) is 0 Å². The molecule has 0 N–H and O–H groups in total. The summed E-state index contributed by atoms with van der Waals surface area (Å²) < 4.78 is 8.82. The summed E-state index contributed by atoms with van der Waals surface area (Å²) in [6.45, 7) is 0. The molecular formula is C40H22N4S2. The molecule has 0 saturated carbocycles. The Balaban J connectivity index is 1.45. The minimum Gasteiger partial charge on any atom is -0.308 e. The fraction of sp³-hybridized carbons (Fsp3) is 0. The smallest absolute Gasteiger partial charge is 0.127 e. The maximum atomic E-state index is 4.78. The fourth-order valence-corrected chi connectivity index (χ4v) is 9.90. The van der Waals surface area contributed by atoms with Gasteiger partial charge >= 0.3 is 0 Å². The molecule has 4 nitrogen and oxygen atoms in total. The lowest BCUT2D eigenvalue weighted by Crippen LogP contribution is -1.95. The van der Waals surface area contributed by atoms with Crippen LogP contribution in [0.1, 0.15) is 0 Å². The lowest BCUT2D eigenvalue weighted by atomic mass is 10.0. The molecule has 0 unspecified atom stereocenters. The standard InChI is InChI=1S/C40H22N4S2/c1-2-10-23(11-3-1)43-31-16-8-5-14-27(31)36-37-34(35-29-21-41-22-42-40(29)46-39(35)38(36)43)26-13-4-7-15-30(26)44(37)24-18-19-33-28(20-24)25-12-6-9-17-32(25)45-33/h1-22H. The van der Waals surface area contributed by atoms with Crippen molar-refractivity contribution in [2.45, 2.75) is 0 Å². The molecule has 0 spiro atoms. The second kappa shape index (κ2) is 9.01. The number of fused-ring (bicyclic) bond motifs is 15. The van der Waals surface area contributed by atoms with E-state index in [1.54, 1.807) is 17.7 Å². The summed E-state index contributed by atoms with van der Waals surface area (Å²) in [6, 6.07) is 44.2. The van der Waals surface area contributed by atoms with E-state index in [9.17, 15) is 0 Å². The molecule has 6 aromatic carbocycles. The highest BCUT2D eigenvalue weighted by atomic mass is 32.1. The van der Waals surface area contributed by atoms with E-state index in [4.69, 9.17) is 4.98 Å². The Kier molecular flexibility index (Phi) is 4.84. The molecule has 0 saturated heterocycles. The summed E-state index contributed by atoms with van der Waals surface area (Å²) in [4.78, 5) is 10.3. The molecule has 214 valence electrons. The van der Waals surface area contributed by atoms with Gasteiger partial charge in [-0.2, -0.15) is 0 Å². The van der Waals surface area contributed by atoms with Crippen LogP contribution < -0.4 is 0 Å². The predicted molar refractivity (Wildman–Crippen MR) is 196 cm³/mol. The van der Waals surface area contributed by atoms with Crippen LogP contribution in [0.2, 0.25) is 0 Å². The van der Waals surface area contributed by atoms with Crippen LogP contribution in [0.4, 0.5) is 0 Å².